The Morgan fingerprint density at radius 2 is 2.00 bits per heavy atom. The molecule has 88 valence electrons. The highest BCUT2D eigenvalue weighted by Gasteiger charge is 2.13. The molecular formula is C11H22N2OS. The number of hydrogen-bond acceptors (Lipinski definition) is 2. The molecule has 0 rings (SSSR count). The Labute approximate surface area is 97.8 Å². The topological polar surface area (TPSA) is 55.1 Å². The van der Waals surface area contributed by atoms with Crippen molar-refractivity contribution in [3.8, 4) is 0 Å². The van der Waals surface area contributed by atoms with Gasteiger partial charge in [0.25, 0.3) is 0 Å². The van der Waals surface area contributed by atoms with Gasteiger partial charge in [0, 0.05) is 6.42 Å². The van der Waals surface area contributed by atoms with Gasteiger partial charge in [-0.25, -0.2) is 0 Å². The molecule has 0 saturated heterocycles. The van der Waals surface area contributed by atoms with E-state index < -0.39 is 0 Å². The molecule has 0 heterocycles. The van der Waals surface area contributed by atoms with E-state index in [9.17, 15) is 4.79 Å². The third-order valence-corrected chi connectivity index (χ3v) is 2.49. The molecule has 0 aromatic carbocycles. The van der Waals surface area contributed by atoms with Gasteiger partial charge in [0.1, 0.15) is 0 Å². The molecule has 0 aromatic heterocycles. The summed E-state index contributed by atoms with van der Waals surface area (Å²) >= 11 is 4.90. The van der Waals surface area contributed by atoms with Gasteiger partial charge in [-0.3, -0.25) is 4.79 Å². The average Bonchev–Trinajstić information content (AvgIpc) is 2.14. The zero-order valence-corrected chi connectivity index (χ0v) is 10.7. The van der Waals surface area contributed by atoms with Gasteiger partial charge in [-0.2, -0.15) is 0 Å². The Balaban J connectivity index is 3.94. The number of nitrogens with two attached hydrogens (primary N) is 1. The van der Waals surface area contributed by atoms with E-state index in [2.05, 4.69) is 19.2 Å². The number of hydrogen-bond donors (Lipinski definition) is 2. The number of carbonyl (C=O) groups excluding carboxylic acids is 1. The van der Waals surface area contributed by atoms with Crippen LogP contribution in [-0.4, -0.2) is 16.9 Å². The summed E-state index contributed by atoms with van der Waals surface area (Å²) in [4.78, 5) is 11.9. The molecule has 4 heteroatoms. The van der Waals surface area contributed by atoms with Crippen molar-refractivity contribution >= 4 is 23.1 Å². The zero-order valence-electron chi connectivity index (χ0n) is 9.88. The lowest BCUT2D eigenvalue weighted by atomic mass is 10.1. The van der Waals surface area contributed by atoms with Crippen LogP contribution in [0.3, 0.4) is 0 Å². The second kappa shape index (κ2) is 7.63. The van der Waals surface area contributed by atoms with Crippen molar-refractivity contribution in [1.82, 2.24) is 5.32 Å². The Hall–Kier alpha value is -0.640. The van der Waals surface area contributed by atoms with Gasteiger partial charge in [-0.15, -0.1) is 0 Å². The molecule has 0 saturated carbocycles. The van der Waals surface area contributed by atoms with E-state index in [1.807, 2.05) is 6.92 Å². The molecular weight excluding hydrogens is 208 g/mol. The predicted molar refractivity (Wildman–Crippen MR) is 67.7 cm³/mol. The monoisotopic (exact) mass is 230 g/mol. The van der Waals surface area contributed by atoms with Gasteiger partial charge in [0.15, 0.2) is 0 Å². The van der Waals surface area contributed by atoms with Crippen molar-refractivity contribution in [2.24, 2.45) is 11.7 Å². The maximum atomic E-state index is 11.5. The minimum atomic E-state index is -0.135. The lowest BCUT2D eigenvalue weighted by molar-refractivity contribution is -0.121. The number of nitrogens with one attached hydrogen (secondary N) is 1. The molecule has 0 radical (unpaired) electrons. The molecule has 1 atom stereocenters. The van der Waals surface area contributed by atoms with Crippen molar-refractivity contribution < 1.29 is 4.79 Å². The third-order valence-electron chi connectivity index (χ3n) is 2.20. The van der Waals surface area contributed by atoms with Crippen molar-refractivity contribution in [3.63, 3.8) is 0 Å². The van der Waals surface area contributed by atoms with E-state index in [-0.39, 0.29) is 11.9 Å². The van der Waals surface area contributed by atoms with E-state index in [4.69, 9.17) is 18.0 Å². The Morgan fingerprint density at radius 3 is 2.40 bits per heavy atom. The third kappa shape index (κ3) is 7.31. The van der Waals surface area contributed by atoms with Gasteiger partial charge in [-0.05, 0) is 18.8 Å². The van der Waals surface area contributed by atoms with Crippen molar-refractivity contribution in [2.75, 3.05) is 0 Å². The van der Waals surface area contributed by atoms with Gasteiger partial charge in [-0.1, -0.05) is 39.4 Å². The fraction of sp³-hybridized carbons (Fsp3) is 0.818. The van der Waals surface area contributed by atoms with Crippen LogP contribution in [0.15, 0.2) is 0 Å². The second-order valence-corrected chi connectivity index (χ2v) is 4.72. The molecule has 3 N–H and O–H groups in total. The predicted octanol–water partition coefficient (Wildman–Crippen LogP) is 1.99. The first-order valence-corrected chi connectivity index (χ1v) is 5.96. The normalized spacial score (nSPS) is 12.5. The number of carbonyl (C=O) groups is 1. The van der Waals surface area contributed by atoms with Crippen LogP contribution in [0.2, 0.25) is 0 Å². The van der Waals surface area contributed by atoms with E-state index in [0.717, 1.165) is 19.3 Å². The van der Waals surface area contributed by atoms with Crippen molar-refractivity contribution in [3.05, 3.63) is 0 Å². The van der Waals surface area contributed by atoms with Crippen LogP contribution in [0.5, 0.6) is 0 Å². The molecule has 0 bridgehead atoms. The fourth-order valence-electron chi connectivity index (χ4n) is 1.26. The van der Waals surface area contributed by atoms with E-state index in [0.29, 0.717) is 17.3 Å². The average molecular weight is 230 g/mol. The highest BCUT2D eigenvalue weighted by atomic mass is 32.1. The summed E-state index contributed by atoms with van der Waals surface area (Å²) in [5, 5.41) is 2.87. The van der Waals surface area contributed by atoms with Crippen LogP contribution < -0.4 is 11.1 Å². The summed E-state index contributed by atoms with van der Waals surface area (Å²) in [7, 11) is 0. The molecule has 1 unspecified atom stereocenters. The zero-order chi connectivity index (χ0) is 11.8. The minimum Gasteiger partial charge on any atom is -0.392 e. The summed E-state index contributed by atoms with van der Waals surface area (Å²) in [6.07, 6.45) is 3.25. The quantitative estimate of drug-likeness (QED) is 0.658. The SMILES string of the molecule is CCCC(NC(=O)CCC(C)C)C(N)=S. The smallest absolute Gasteiger partial charge is 0.220 e. The molecule has 0 aromatic rings. The molecule has 3 nitrogen and oxygen atoms in total. The van der Waals surface area contributed by atoms with Crippen LogP contribution in [0, 0.1) is 5.92 Å². The summed E-state index contributed by atoms with van der Waals surface area (Å²) < 4.78 is 0. The minimum absolute atomic E-state index is 0.0509. The van der Waals surface area contributed by atoms with Gasteiger partial charge < -0.3 is 11.1 Å². The Bertz CT molecular complexity index is 217. The number of amides is 1. The molecule has 0 aliphatic rings. The van der Waals surface area contributed by atoms with Crippen molar-refractivity contribution in [2.45, 2.75) is 52.5 Å². The summed E-state index contributed by atoms with van der Waals surface area (Å²) in [5.41, 5.74) is 5.54. The maximum absolute atomic E-state index is 11.5. The highest BCUT2D eigenvalue weighted by Crippen LogP contribution is 2.04. The molecule has 0 aliphatic heterocycles. The van der Waals surface area contributed by atoms with Crippen LogP contribution in [0.4, 0.5) is 0 Å². The lowest BCUT2D eigenvalue weighted by Gasteiger charge is -2.16. The first-order valence-electron chi connectivity index (χ1n) is 5.56. The van der Waals surface area contributed by atoms with Gasteiger partial charge in [0.05, 0.1) is 11.0 Å². The molecule has 1 amide bonds. The van der Waals surface area contributed by atoms with Crippen molar-refractivity contribution in [1.29, 1.82) is 0 Å². The van der Waals surface area contributed by atoms with E-state index >= 15 is 0 Å². The molecule has 15 heavy (non-hydrogen) atoms. The summed E-state index contributed by atoms with van der Waals surface area (Å²) in [6, 6.07) is -0.135. The lowest BCUT2D eigenvalue weighted by Crippen LogP contribution is -2.43. The number of thiocarbonyl (C=S) groups is 1. The van der Waals surface area contributed by atoms with Crippen LogP contribution >= 0.6 is 12.2 Å². The Kier molecular flexibility index (Phi) is 7.30. The molecule has 0 aliphatic carbocycles. The Morgan fingerprint density at radius 1 is 1.40 bits per heavy atom. The molecule has 0 fully saturated rings. The van der Waals surface area contributed by atoms with Gasteiger partial charge >= 0.3 is 0 Å². The van der Waals surface area contributed by atoms with Crippen LogP contribution in [-0.2, 0) is 4.79 Å². The molecule has 0 spiro atoms. The maximum Gasteiger partial charge on any atom is 0.220 e. The fourth-order valence-corrected chi connectivity index (χ4v) is 1.44. The largest absolute Gasteiger partial charge is 0.392 e. The van der Waals surface area contributed by atoms with E-state index in [1.165, 1.54) is 0 Å². The number of rotatable bonds is 7. The second-order valence-electron chi connectivity index (χ2n) is 4.24. The standard InChI is InChI=1S/C11H22N2OS/c1-4-5-9(11(12)15)13-10(14)7-6-8(2)3/h8-9H,4-7H2,1-3H3,(H2,12,15)(H,13,14). The first kappa shape index (κ1) is 14.4. The highest BCUT2D eigenvalue weighted by molar-refractivity contribution is 7.80. The first-order chi connectivity index (χ1) is 6.97. The van der Waals surface area contributed by atoms with Gasteiger partial charge in [0.2, 0.25) is 5.91 Å². The van der Waals surface area contributed by atoms with Crippen LogP contribution in [0.1, 0.15) is 46.5 Å². The van der Waals surface area contributed by atoms with E-state index in [1.54, 1.807) is 0 Å². The summed E-state index contributed by atoms with van der Waals surface area (Å²) in [6.45, 7) is 6.25. The summed E-state index contributed by atoms with van der Waals surface area (Å²) in [5.74, 6) is 0.597. The van der Waals surface area contributed by atoms with Crippen LogP contribution in [0.25, 0.3) is 0 Å².